The molecule has 0 aliphatic heterocycles. The van der Waals surface area contributed by atoms with Crippen molar-refractivity contribution in [2.75, 3.05) is 11.4 Å². The molecule has 0 radical (unpaired) electrons. The Morgan fingerprint density at radius 1 is 1.22 bits per heavy atom. The standard InChI is InChI=1S/C15H26N2O/c1-10(2)8-17(11(3)4)15-14(9-18)12(5)7-13(6)16-15/h7,10-11,18H,8-9H2,1-6H3. The van der Waals surface area contributed by atoms with Gasteiger partial charge in [0.2, 0.25) is 0 Å². The van der Waals surface area contributed by atoms with Crippen molar-refractivity contribution in [3.05, 3.63) is 22.9 Å². The molecule has 1 N–H and O–H groups in total. The van der Waals surface area contributed by atoms with Crippen LogP contribution in [0.25, 0.3) is 0 Å². The average molecular weight is 250 g/mol. The van der Waals surface area contributed by atoms with Gasteiger partial charge >= 0.3 is 0 Å². The molecule has 0 saturated carbocycles. The van der Waals surface area contributed by atoms with Gasteiger partial charge in [-0.05, 0) is 45.2 Å². The Hall–Kier alpha value is -1.09. The van der Waals surface area contributed by atoms with Crippen LogP contribution in [0.3, 0.4) is 0 Å². The van der Waals surface area contributed by atoms with Crippen LogP contribution in [0.2, 0.25) is 0 Å². The fraction of sp³-hybridized carbons (Fsp3) is 0.667. The number of aliphatic hydroxyl groups is 1. The minimum absolute atomic E-state index is 0.0514. The van der Waals surface area contributed by atoms with Crippen LogP contribution >= 0.6 is 0 Å². The Kier molecular flexibility index (Phi) is 5.15. The molecular weight excluding hydrogens is 224 g/mol. The molecule has 0 aromatic carbocycles. The lowest BCUT2D eigenvalue weighted by molar-refractivity contribution is 0.280. The molecule has 0 aliphatic carbocycles. The van der Waals surface area contributed by atoms with Crippen LogP contribution in [0.1, 0.15) is 44.5 Å². The summed E-state index contributed by atoms with van der Waals surface area (Å²) in [6, 6.07) is 2.41. The summed E-state index contributed by atoms with van der Waals surface area (Å²) in [6.07, 6.45) is 0. The van der Waals surface area contributed by atoms with Crippen molar-refractivity contribution in [1.82, 2.24) is 4.98 Å². The van der Waals surface area contributed by atoms with E-state index in [-0.39, 0.29) is 6.61 Å². The Morgan fingerprint density at radius 3 is 2.28 bits per heavy atom. The normalized spacial score (nSPS) is 11.4. The number of anilines is 1. The third kappa shape index (κ3) is 3.45. The number of nitrogens with zero attached hydrogens (tertiary/aromatic N) is 2. The molecule has 0 unspecified atom stereocenters. The molecule has 0 amide bonds. The molecule has 0 saturated heterocycles. The summed E-state index contributed by atoms with van der Waals surface area (Å²) in [5, 5.41) is 9.59. The highest BCUT2D eigenvalue weighted by molar-refractivity contribution is 5.52. The van der Waals surface area contributed by atoms with Crippen LogP contribution < -0.4 is 4.90 Å². The van der Waals surface area contributed by atoms with Gasteiger partial charge in [-0.2, -0.15) is 0 Å². The topological polar surface area (TPSA) is 36.4 Å². The van der Waals surface area contributed by atoms with E-state index in [0.717, 1.165) is 29.2 Å². The molecule has 0 atom stereocenters. The molecule has 18 heavy (non-hydrogen) atoms. The summed E-state index contributed by atoms with van der Waals surface area (Å²) in [5.74, 6) is 1.51. The minimum Gasteiger partial charge on any atom is -0.392 e. The lowest BCUT2D eigenvalue weighted by atomic mass is 10.1. The zero-order valence-corrected chi connectivity index (χ0v) is 12.5. The van der Waals surface area contributed by atoms with E-state index in [1.54, 1.807) is 0 Å². The molecule has 3 nitrogen and oxygen atoms in total. The highest BCUT2D eigenvalue weighted by Gasteiger charge is 2.18. The van der Waals surface area contributed by atoms with Crippen molar-refractivity contribution in [2.24, 2.45) is 5.92 Å². The number of hydrogen-bond donors (Lipinski definition) is 1. The van der Waals surface area contributed by atoms with Crippen molar-refractivity contribution in [2.45, 2.75) is 54.2 Å². The van der Waals surface area contributed by atoms with Gasteiger partial charge in [-0.25, -0.2) is 4.98 Å². The maximum atomic E-state index is 9.59. The van der Waals surface area contributed by atoms with E-state index in [1.165, 1.54) is 0 Å². The van der Waals surface area contributed by atoms with E-state index in [0.29, 0.717) is 12.0 Å². The Balaban J connectivity index is 3.25. The van der Waals surface area contributed by atoms with Crippen molar-refractivity contribution in [3.63, 3.8) is 0 Å². The molecule has 0 aliphatic rings. The number of rotatable bonds is 5. The van der Waals surface area contributed by atoms with Crippen LogP contribution in [-0.2, 0) is 6.61 Å². The maximum absolute atomic E-state index is 9.59. The van der Waals surface area contributed by atoms with Crippen LogP contribution in [0.4, 0.5) is 5.82 Å². The van der Waals surface area contributed by atoms with Crippen LogP contribution in [0.5, 0.6) is 0 Å². The van der Waals surface area contributed by atoms with Crippen LogP contribution in [0.15, 0.2) is 6.07 Å². The third-order valence-electron chi connectivity index (χ3n) is 3.07. The van der Waals surface area contributed by atoms with Gasteiger partial charge in [0.1, 0.15) is 5.82 Å². The van der Waals surface area contributed by atoms with Gasteiger partial charge in [0.05, 0.1) is 6.61 Å². The van der Waals surface area contributed by atoms with Gasteiger partial charge in [0.15, 0.2) is 0 Å². The first-order valence-electron chi connectivity index (χ1n) is 6.71. The summed E-state index contributed by atoms with van der Waals surface area (Å²) in [7, 11) is 0. The minimum atomic E-state index is 0.0514. The number of hydrogen-bond acceptors (Lipinski definition) is 3. The summed E-state index contributed by atoms with van der Waals surface area (Å²) >= 11 is 0. The Labute approximate surface area is 111 Å². The smallest absolute Gasteiger partial charge is 0.134 e. The maximum Gasteiger partial charge on any atom is 0.134 e. The van der Waals surface area contributed by atoms with Gasteiger partial charge in [0.25, 0.3) is 0 Å². The molecule has 1 aromatic heterocycles. The first-order valence-corrected chi connectivity index (χ1v) is 6.71. The molecule has 102 valence electrons. The van der Waals surface area contributed by atoms with Crippen molar-refractivity contribution in [3.8, 4) is 0 Å². The lowest BCUT2D eigenvalue weighted by Crippen LogP contribution is -2.36. The largest absolute Gasteiger partial charge is 0.392 e. The number of aliphatic hydroxyl groups excluding tert-OH is 1. The second-order valence-electron chi connectivity index (χ2n) is 5.68. The first kappa shape index (κ1) is 15.0. The molecule has 1 aromatic rings. The number of aromatic nitrogens is 1. The quantitative estimate of drug-likeness (QED) is 0.872. The van der Waals surface area contributed by atoms with Gasteiger partial charge in [-0.15, -0.1) is 0 Å². The highest BCUT2D eigenvalue weighted by Crippen LogP contribution is 2.25. The molecule has 1 rings (SSSR count). The summed E-state index contributed by atoms with van der Waals surface area (Å²) in [6.45, 7) is 13.8. The highest BCUT2D eigenvalue weighted by atomic mass is 16.3. The average Bonchev–Trinajstić information content (AvgIpc) is 2.24. The fourth-order valence-electron chi connectivity index (χ4n) is 2.21. The third-order valence-corrected chi connectivity index (χ3v) is 3.07. The number of aryl methyl sites for hydroxylation is 2. The summed E-state index contributed by atoms with van der Waals surface area (Å²) in [5.41, 5.74) is 3.08. The zero-order valence-electron chi connectivity index (χ0n) is 12.5. The SMILES string of the molecule is Cc1cc(C)c(CO)c(N(CC(C)C)C(C)C)n1. The van der Waals surface area contributed by atoms with E-state index in [4.69, 9.17) is 0 Å². The van der Waals surface area contributed by atoms with Crippen molar-refractivity contribution >= 4 is 5.82 Å². The molecule has 3 heteroatoms. The predicted molar refractivity (Wildman–Crippen MR) is 77.0 cm³/mol. The molecule has 0 spiro atoms. The van der Waals surface area contributed by atoms with Crippen LogP contribution in [-0.4, -0.2) is 22.7 Å². The summed E-state index contributed by atoms with van der Waals surface area (Å²) < 4.78 is 0. The summed E-state index contributed by atoms with van der Waals surface area (Å²) in [4.78, 5) is 6.93. The Bertz CT molecular complexity index is 400. The van der Waals surface area contributed by atoms with E-state index in [9.17, 15) is 5.11 Å². The predicted octanol–water partition coefficient (Wildman–Crippen LogP) is 3.06. The first-order chi connectivity index (χ1) is 8.36. The lowest BCUT2D eigenvalue weighted by Gasteiger charge is -2.32. The van der Waals surface area contributed by atoms with Crippen LogP contribution in [0, 0.1) is 19.8 Å². The van der Waals surface area contributed by atoms with E-state index >= 15 is 0 Å². The van der Waals surface area contributed by atoms with E-state index in [2.05, 4.69) is 37.6 Å². The fourth-order valence-corrected chi connectivity index (χ4v) is 2.21. The van der Waals surface area contributed by atoms with Crippen molar-refractivity contribution < 1.29 is 5.11 Å². The number of pyridine rings is 1. The second-order valence-corrected chi connectivity index (χ2v) is 5.68. The van der Waals surface area contributed by atoms with E-state index in [1.807, 2.05) is 19.9 Å². The zero-order chi connectivity index (χ0) is 13.9. The monoisotopic (exact) mass is 250 g/mol. The Morgan fingerprint density at radius 2 is 1.83 bits per heavy atom. The van der Waals surface area contributed by atoms with Gasteiger partial charge in [-0.3, -0.25) is 0 Å². The van der Waals surface area contributed by atoms with E-state index < -0.39 is 0 Å². The van der Waals surface area contributed by atoms with Gasteiger partial charge in [-0.1, -0.05) is 13.8 Å². The second kappa shape index (κ2) is 6.19. The molecule has 1 heterocycles. The van der Waals surface area contributed by atoms with Gasteiger partial charge in [0, 0.05) is 23.8 Å². The van der Waals surface area contributed by atoms with Gasteiger partial charge < -0.3 is 10.0 Å². The molecule has 0 fully saturated rings. The van der Waals surface area contributed by atoms with Crippen molar-refractivity contribution in [1.29, 1.82) is 0 Å². The molecule has 0 bridgehead atoms. The molecular formula is C15H26N2O.